The Hall–Kier alpha value is -1.86. The van der Waals surface area contributed by atoms with Crippen LogP contribution in [0.3, 0.4) is 0 Å². The number of halogens is 2. The summed E-state index contributed by atoms with van der Waals surface area (Å²) >= 11 is 1.27. The lowest BCUT2D eigenvalue weighted by molar-refractivity contribution is -0.140. The molecular formula is C16H17F2N3OS. The van der Waals surface area contributed by atoms with Crippen LogP contribution in [0, 0.1) is 0 Å². The minimum Gasteiger partial charge on any atom is -0.317 e. The first kappa shape index (κ1) is 16.0. The van der Waals surface area contributed by atoms with Gasteiger partial charge in [0.15, 0.2) is 5.13 Å². The van der Waals surface area contributed by atoms with Gasteiger partial charge in [0.2, 0.25) is 0 Å². The van der Waals surface area contributed by atoms with Crippen molar-refractivity contribution in [1.29, 1.82) is 0 Å². The smallest absolute Gasteiger partial charge is 0.317 e. The van der Waals surface area contributed by atoms with Crippen LogP contribution in [0.2, 0.25) is 0 Å². The molecule has 0 spiro atoms. The average molecular weight is 337 g/mol. The van der Waals surface area contributed by atoms with Crippen molar-refractivity contribution in [2.75, 3.05) is 18.4 Å². The second kappa shape index (κ2) is 6.72. The molecule has 1 aliphatic heterocycles. The van der Waals surface area contributed by atoms with Crippen LogP contribution < -0.4 is 10.6 Å². The van der Waals surface area contributed by atoms with Gasteiger partial charge in [-0.3, -0.25) is 10.1 Å². The second-order valence-corrected chi connectivity index (χ2v) is 6.55. The summed E-state index contributed by atoms with van der Waals surface area (Å²) < 4.78 is 28.3. The molecule has 0 atom stereocenters. The summed E-state index contributed by atoms with van der Waals surface area (Å²) in [6.45, 7) is 1.88. The van der Waals surface area contributed by atoms with E-state index in [0.29, 0.717) is 5.92 Å². The Labute approximate surface area is 136 Å². The van der Waals surface area contributed by atoms with Crippen molar-refractivity contribution in [2.45, 2.75) is 24.7 Å². The number of nitrogens with one attached hydrogen (secondary N) is 2. The van der Waals surface area contributed by atoms with Crippen molar-refractivity contribution >= 4 is 22.4 Å². The van der Waals surface area contributed by atoms with E-state index in [2.05, 4.69) is 15.6 Å². The van der Waals surface area contributed by atoms with Gasteiger partial charge in [0, 0.05) is 16.6 Å². The largest absolute Gasteiger partial charge is 0.350 e. The van der Waals surface area contributed by atoms with E-state index >= 15 is 0 Å². The Balaban J connectivity index is 1.69. The van der Waals surface area contributed by atoms with E-state index in [4.69, 9.17) is 0 Å². The van der Waals surface area contributed by atoms with Crippen LogP contribution in [0.15, 0.2) is 36.5 Å². The molecule has 1 saturated heterocycles. The van der Waals surface area contributed by atoms with E-state index < -0.39 is 11.8 Å². The summed E-state index contributed by atoms with van der Waals surface area (Å²) in [6.07, 6.45) is 3.67. The predicted octanol–water partition coefficient (Wildman–Crippen LogP) is 3.34. The lowest BCUT2D eigenvalue weighted by Crippen LogP contribution is -2.32. The minimum atomic E-state index is -3.58. The third-order valence-corrected chi connectivity index (χ3v) is 4.98. The van der Waals surface area contributed by atoms with E-state index in [1.165, 1.54) is 35.6 Å². The first-order valence-electron chi connectivity index (χ1n) is 7.48. The summed E-state index contributed by atoms with van der Waals surface area (Å²) in [7, 11) is 0. The maximum atomic E-state index is 14.2. The number of hydrogen-bond donors (Lipinski definition) is 2. The van der Waals surface area contributed by atoms with E-state index in [1.54, 1.807) is 12.3 Å². The number of thiazole rings is 1. The van der Waals surface area contributed by atoms with Gasteiger partial charge in [-0.1, -0.05) is 30.3 Å². The van der Waals surface area contributed by atoms with Crippen molar-refractivity contribution in [2.24, 2.45) is 0 Å². The number of piperidine rings is 1. The highest BCUT2D eigenvalue weighted by atomic mass is 32.1. The molecule has 2 aromatic rings. The maximum Gasteiger partial charge on any atom is 0.350 e. The van der Waals surface area contributed by atoms with Crippen LogP contribution in [0.25, 0.3) is 0 Å². The molecule has 0 bridgehead atoms. The molecule has 1 aromatic heterocycles. The quantitative estimate of drug-likeness (QED) is 0.900. The summed E-state index contributed by atoms with van der Waals surface area (Å²) in [6, 6.07) is 7.07. The van der Waals surface area contributed by atoms with Crippen molar-refractivity contribution in [3.8, 4) is 0 Å². The van der Waals surface area contributed by atoms with Gasteiger partial charge in [-0.05, 0) is 31.8 Å². The Morgan fingerprint density at radius 1 is 1.26 bits per heavy atom. The fraction of sp³-hybridized carbons (Fsp3) is 0.375. The van der Waals surface area contributed by atoms with Gasteiger partial charge < -0.3 is 5.32 Å². The van der Waals surface area contributed by atoms with Crippen LogP contribution in [-0.4, -0.2) is 24.0 Å². The highest BCUT2D eigenvalue weighted by molar-refractivity contribution is 7.15. The van der Waals surface area contributed by atoms with Crippen molar-refractivity contribution in [1.82, 2.24) is 10.3 Å². The standard InChI is InChI=1S/C16H17F2N3OS/c17-16(18,12-4-2-1-3-5-12)14(22)21-15-20-10-13(23-15)11-6-8-19-9-7-11/h1-5,10-11,19H,6-9H2,(H,20,21,22). The first-order valence-corrected chi connectivity index (χ1v) is 8.30. The number of amides is 1. The number of anilines is 1. The van der Waals surface area contributed by atoms with Gasteiger partial charge in [-0.2, -0.15) is 8.78 Å². The fourth-order valence-electron chi connectivity index (χ4n) is 2.59. The number of benzene rings is 1. The zero-order valence-electron chi connectivity index (χ0n) is 12.4. The van der Waals surface area contributed by atoms with Gasteiger partial charge >= 0.3 is 11.8 Å². The second-order valence-electron chi connectivity index (χ2n) is 5.49. The highest BCUT2D eigenvalue weighted by Crippen LogP contribution is 2.34. The van der Waals surface area contributed by atoms with Gasteiger partial charge in [-0.15, -0.1) is 11.3 Å². The van der Waals surface area contributed by atoms with Gasteiger partial charge in [0.05, 0.1) is 0 Å². The summed E-state index contributed by atoms with van der Waals surface area (Å²) in [5, 5.41) is 5.74. The molecule has 0 unspecified atom stereocenters. The monoisotopic (exact) mass is 337 g/mol. The topological polar surface area (TPSA) is 54.0 Å². The maximum absolute atomic E-state index is 14.2. The molecule has 0 radical (unpaired) electrons. The number of nitrogens with zero attached hydrogens (tertiary/aromatic N) is 1. The zero-order chi connectivity index (χ0) is 16.3. The van der Waals surface area contributed by atoms with E-state index in [-0.39, 0.29) is 10.7 Å². The van der Waals surface area contributed by atoms with Gasteiger partial charge in [0.25, 0.3) is 0 Å². The lowest BCUT2D eigenvalue weighted by atomic mass is 9.97. The van der Waals surface area contributed by atoms with Crippen molar-refractivity contribution in [3.63, 3.8) is 0 Å². The molecule has 122 valence electrons. The van der Waals surface area contributed by atoms with Crippen LogP contribution in [0.4, 0.5) is 13.9 Å². The number of alkyl halides is 2. The molecule has 1 aromatic carbocycles. The van der Waals surface area contributed by atoms with E-state index in [9.17, 15) is 13.6 Å². The molecule has 4 nitrogen and oxygen atoms in total. The minimum absolute atomic E-state index is 0.221. The molecule has 0 saturated carbocycles. The molecule has 2 N–H and O–H groups in total. The fourth-order valence-corrected chi connectivity index (χ4v) is 3.57. The third-order valence-electron chi connectivity index (χ3n) is 3.91. The Kier molecular flexibility index (Phi) is 4.68. The Bertz CT molecular complexity index is 669. The van der Waals surface area contributed by atoms with Gasteiger partial charge in [-0.25, -0.2) is 4.98 Å². The van der Waals surface area contributed by atoms with Crippen LogP contribution in [-0.2, 0) is 10.7 Å². The van der Waals surface area contributed by atoms with Crippen molar-refractivity contribution in [3.05, 3.63) is 47.0 Å². The summed E-state index contributed by atoms with van der Waals surface area (Å²) in [4.78, 5) is 17.0. The first-order chi connectivity index (χ1) is 11.1. The van der Waals surface area contributed by atoms with E-state index in [1.807, 2.05) is 0 Å². The average Bonchev–Trinajstić information content (AvgIpc) is 3.05. The Morgan fingerprint density at radius 2 is 1.96 bits per heavy atom. The number of carbonyl (C=O) groups excluding carboxylic acids is 1. The van der Waals surface area contributed by atoms with E-state index in [0.717, 1.165) is 30.8 Å². The normalized spacial score (nSPS) is 16.3. The van der Waals surface area contributed by atoms with Crippen LogP contribution in [0.1, 0.15) is 29.2 Å². The third kappa shape index (κ3) is 3.56. The zero-order valence-corrected chi connectivity index (χ0v) is 13.2. The molecule has 3 rings (SSSR count). The Morgan fingerprint density at radius 3 is 2.65 bits per heavy atom. The SMILES string of the molecule is O=C(Nc1ncc(C2CCNCC2)s1)C(F)(F)c1ccccc1. The van der Waals surface area contributed by atoms with Crippen molar-refractivity contribution < 1.29 is 13.6 Å². The number of carbonyl (C=O) groups is 1. The summed E-state index contributed by atoms with van der Waals surface area (Å²) in [5.41, 5.74) is -0.326. The highest BCUT2D eigenvalue weighted by Gasteiger charge is 2.41. The molecule has 1 aliphatic rings. The molecule has 23 heavy (non-hydrogen) atoms. The molecule has 0 aliphatic carbocycles. The lowest BCUT2D eigenvalue weighted by Gasteiger charge is -2.20. The predicted molar refractivity (Wildman–Crippen MR) is 85.9 cm³/mol. The van der Waals surface area contributed by atoms with Crippen LogP contribution >= 0.6 is 11.3 Å². The number of rotatable bonds is 4. The number of hydrogen-bond acceptors (Lipinski definition) is 4. The molecule has 1 amide bonds. The van der Waals surface area contributed by atoms with Gasteiger partial charge in [0.1, 0.15) is 0 Å². The molecule has 2 heterocycles. The molecular weight excluding hydrogens is 320 g/mol. The summed E-state index contributed by atoms with van der Waals surface area (Å²) in [5.74, 6) is -4.55. The molecule has 1 fully saturated rings. The van der Waals surface area contributed by atoms with Crippen LogP contribution in [0.5, 0.6) is 0 Å². The molecule has 7 heteroatoms. The number of aromatic nitrogens is 1.